The zero-order valence-corrected chi connectivity index (χ0v) is 14.4. The van der Waals surface area contributed by atoms with Crippen LogP contribution in [-0.2, 0) is 0 Å². The first-order chi connectivity index (χ1) is 10.8. The van der Waals surface area contributed by atoms with Crippen molar-refractivity contribution in [2.45, 2.75) is 32.7 Å². The predicted octanol–water partition coefficient (Wildman–Crippen LogP) is 5.27. The summed E-state index contributed by atoms with van der Waals surface area (Å²) in [5, 5.41) is 4.34. The van der Waals surface area contributed by atoms with Gasteiger partial charge in [0.25, 0.3) is 0 Å². The molecule has 1 unspecified atom stereocenters. The van der Waals surface area contributed by atoms with Crippen LogP contribution in [0.3, 0.4) is 0 Å². The Balaban J connectivity index is 2.13. The normalized spacial score (nSPS) is 13.5. The van der Waals surface area contributed by atoms with Crippen LogP contribution < -0.4 is 4.80 Å². The summed E-state index contributed by atoms with van der Waals surface area (Å²) in [6, 6.07) is 8.63. The Bertz CT molecular complexity index is 770. The molecule has 1 atom stereocenters. The van der Waals surface area contributed by atoms with Crippen LogP contribution in [0.15, 0.2) is 52.4 Å². The minimum absolute atomic E-state index is 0.434. The van der Waals surface area contributed by atoms with Crippen molar-refractivity contribution in [3.63, 3.8) is 0 Å². The second-order valence-corrected chi connectivity index (χ2v) is 7.00. The van der Waals surface area contributed by atoms with E-state index in [4.69, 9.17) is 4.99 Å². The van der Waals surface area contributed by atoms with Gasteiger partial charge < -0.3 is 4.57 Å². The molecule has 0 amide bonds. The van der Waals surface area contributed by atoms with E-state index in [1.165, 1.54) is 17.0 Å². The number of hydrogen-bond acceptors (Lipinski definition) is 4. The summed E-state index contributed by atoms with van der Waals surface area (Å²) in [5.74, 6) is 0. The molecule has 0 fully saturated rings. The Morgan fingerprint density at radius 1 is 1.27 bits per heavy atom. The number of pyridine rings is 1. The van der Waals surface area contributed by atoms with Crippen molar-refractivity contribution in [2.24, 2.45) is 4.99 Å². The molecule has 114 valence electrons. The third kappa shape index (κ3) is 3.20. The number of thiazole rings is 1. The van der Waals surface area contributed by atoms with E-state index in [9.17, 15) is 0 Å². The Kier molecular flexibility index (Phi) is 4.85. The molecule has 3 rings (SSSR count). The second-order valence-electron chi connectivity index (χ2n) is 5.21. The highest BCUT2D eigenvalue weighted by molar-refractivity contribution is 7.14. The summed E-state index contributed by atoms with van der Waals surface area (Å²) >= 11 is 3.48. The minimum Gasteiger partial charge on any atom is -0.313 e. The highest BCUT2D eigenvalue weighted by Crippen LogP contribution is 2.29. The molecule has 0 N–H and O–H groups in total. The molecule has 3 heterocycles. The summed E-state index contributed by atoms with van der Waals surface area (Å²) in [6.07, 6.45) is 5.90. The molecule has 0 bridgehead atoms. The van der Waals surface area contributed by atoms with Crippen molar-refractivity contribution in [3.8, 4) is 10.6 Å². The van der Waals surface area contributed by atoms with Crippen molar-refractivity contribution < 1.29 is 0 Å². The maximum absolute atomic E-state index is 4.80. The lowest BCUT2D eigenvalue weighted by Gasteiger charge is -2.15. The first-order valence-electron chi connectivity index (χ1n) is 7.48. The largest absolute Gasteiger partial charge is 0.313 e. The molecule has 3 aromatic heterocycles. The number of rotatable bonds is 5. The van der Waals surface area contributed by atoms with Crippen LogP contribution in [0.25, 0.3) is 10.6 Å². The Morgan fingerprint density at radius 2 is 2.18 bits per heavy atom. The topological polar surface area (TPSA) is 30.2 Å². The van der Waals surface area contributed by atoms with Crippen molar-refractivity contribution in [3.05, 3.63) is 52.2 Å². The molecule has 0 aliphatic rings. The van der Waals surface area contributed by atoms with Gasteiger partial charge in [-0.25, -0.2) is 4.99 Å². The SMILES string of the molecule is CCCC(C)n1c(-c2cccs2)csc1=Nc1cccnc1. The van der Waals surface area contributed by atoms with E-state index in [-0.39, 0.29) is 0 Å². The molecular formula is C17H19N3S2. The first-order valence-corrected chi connectivity index (χ1v) is 9.24. The van der Waals surface area contributed by atoms with Crippen LogP contribution in [0.5, 0.6) is 0 Å². The molecule has 3 aromatic rings. The predicted molar refractivity (Wildman–Crippen MR) is 94.7 cm³/mol. The summed E-state index contributed by atoms with van der Waals surface area (Å²) in [7, 11) is 0. The molecule has 3 nitrogen and oxygen atoms in total. The van der Waals surface area contributed by atoms with Crippen LogP contribution in [0, 0.1) is 0 Å². The fraction of sp³-hybridized carbons (Fsp3) is 0.294. The zero-order valence-electron chi connectivity index (χ0n) is 12.8. The summed E-state index contributed by atoms with van der Waals surface area (Å²) in [5.41, 5.74) is 2.17. The van der Waals surface area contributed by atoms with Crippen molar-refractivity contribution >= 4 is 28.4 Å². The number of hydrogen-bond donors (Lipinski definition) is 0. The van der Waals surface area contributed by atoms with Crippen LogP contribution in [-0.4, -0.2) is 9.55 Å². The quantitative estimate of drug-likeness (QED) is 0.627. The Labute approximate surface area is 138 Å². The molecule has 0 aliphatic heterocycles. The standard InChI is InChI=1S/C17H19N3S2/c1-3-6-13(2)20-15(16-8-5-10-21-16)12-22-17(20)19-14-7-4-9-18-11-14/h4-5,7-13H,3,6H2,1-2H3. The van der Waals surface area contributed by atoms with E-state index in [2.05, 4.69) is 46.3 Å². The van der Waals surface area contributed by atoms with E-state index in [1.807, 2.05) is 12.1 Å². The van der Waals surface area contributed by atoms with E-state index in [1.54, 1.807) is 35.1 Å². The fourth-order valence-electron chi connectivity index (χ4n) is 2.51. The van der Waals surface area contributed by atoms with Gasteiger partial charge in [0.1, 0.15) is 0 Å². The van der Waals surface area contributed by atoms with Gasteiger partial charge in [-0.1, -0.05) is 19.4 Å². The van der Waals surface area contributed by atoms with Gasteiger partial charge in [-0.2, -0.15) is 0 Å². The van der Waals surface area contributed by atoms with Gasteiger partial charge >= 0.3 is 0 Å². The smallest absolute Gasteiger partial charge is 0.190 e. The monoisotopic (exact) mass is 329 g/mol. The second kappa shape index (κ2) is 7.03. The molecule has 0 aliphatic carbocycles. The van der Waals surface area contributed by atoms with Gasteiger partial charge in [0, 0.05) is 17.6 Å². The molecule has 0 saturated heterocycles. The number of aromatic nitrogens is 2. The molecule has 5 heteroatoms. The van der Waals surface area contributed by atoms with Gasteiger partial charge in [0.15, 0.2) is 4.80 Å². The molecule has 0 radical (unpaired) electrons. The lowest BCUT2D eigenvalue weighted by molar-refractivity contribution is 0.495. The lowest BCUT2D eigenvalue weighted by Crippen LogP contribution is -2.19. The molecule has 0 spiro atoms. The van der Waals surface area contributed by atoms with Crippen LogP contribution >= 0.6 is 22.7 Å². The van der Waals surface area contributed by atoms with Gasteiger partial charge in [-0.3, -0.25) is 4.98 Å². The zero-order chi connectivity index (χ0) is 15.4. The number of thiophene rings is 1. The van der Waals surface area contributed by atoms with E-state index >= 15 is 0 Å². The van der Waals surface area contributed by atoms with Crippen LogP contribution in [0.2, 0.25) is 0 Å². The number of nitrogens with zero attached hydrogens (tertiary/aromatic N) is 3. The maximum Gasteiger partial charge on any atom is 0.190 e. The highest BCUT2D eigenvalue weighted by atomic mass is 32.1. The fourth-order valence-corrected chi connectivity index (χ4v) is 4.33. The van der Waals surface area contributed by atoms with E-state index < -0.39 is 0 Å². The lowest BCUT2D eigenvalue weighted by atomic mass is 10.2. The molecule has 0 aromatic carbocycles. The van der Waals surface area contributed by atoms with Gasteiger partial charge in [-0.15, -0.1) is 22.7 Å². The van der Waals surface area contributed by atoms with Crippen LogP contribution in [0.4, 0.5) is 5.69 Å². The molecule has 22 heavy (non-hydrogen) atoms. The van der Waals surface area contributed by atoms with Gasteiger partial charge in [-0.05, 0) is 36.9 Å². The van der Waals surface area contributed by atoms with E-state index in [0.29, 0.717) is 6.04 Å². The summed E-state index contributed by atoms with van der Waals surface area (Å²) < 4.78 is 2.37. The van der Waals surface area contributed by atoms with E-state index in [0.717, 1.165) is 16.9 Å². The average Bonchev–Trinajstić information content (AvgIpc) is 3.17. The average molecular weight is 329 g/mol. The summed E-state index contributed by atoms with van der Waals surface area (Å²) in [6.45, 7) is 4.50. The molecular weight excluding hydrogens is 310 g/mol. The summed E-state index contributed by atoms with van der Waals surface area (Å²) in [4.78, 5) is 11.3. The van der Waals surface area contributed by atoms with Gasteiger partial charge in [0.05, 0.1) is 22.5 Å². The third-order valence-corrected chi connectivity index (χ3v) is 5.27. The Hall–Kier alpha value is -1.72. The van der Waals surface area contributed by atoms with Crippen molar-refractivity contribution in [2.75, 3.05) is 0 Å². The van der Waals surface area contributed by atoms with Crippen molar-refractivity contribution in [1.82, 2.24) is 9.55 Å². The third-order valence-electron chi connectivity index (χ3n) is 3.53. The van der Waals surface area contributed by atoms with Gasteiger partial charge in [0.2, 0.25) is 0 Å². The van der Waals surface area contributed by atoms with Crippen molar-refractivity contribution in [1.29, 1.82) is 0 Å². The highest BCUT2D eigenvalue weighted by Gasteiger charge is 2.14. The minimum atomic E-state index is 0.434. The first kappa shape index (κ1) is 15.2. The maximum atomic E-state index is 4.80. The molecule has 0 saturated carbocycles. The Morgan fingerprint density at radius 3 is 2.86 bits per heavy atom. The van der Waals surface area contributed by atoms with Crippen LogP contribution in [0.1, 0.15) is 32.7 Å².